The summed E-state index contributed by atoms with van der Waals surface area (Å²) in [5.41, 5.74) is -6.41. The van der Waals surface area contributed by atoms with Gasteiger partial charge in [-0.25, -0.2) is 0 Å². The number of hydrogen-bond donors (Lipinski definition) is 8. The summed E-state index contributed by atoms with van der Waals surface area (Å²) in [5, 5.41) is 82.3. The van der Waals surface area contributed by atoms with Crippen LogP contribution in [0.2, 0.25) is 0 Å². The molecule has 3 heterocycles. The molecule has 3 aliphatic heterocycles. The van der Waals surface area contributed by atoms with Crippen LogP contribution in [-0.4, -0.2) is 202 Å². The van der Waals surface area contributed by atoms with Crippen molar-refractivity contribution in [2.75, 3.05) is 60.6 Å². The summed E-state index contributed by atoms with van der Waals surface area (Å²) in [6.45, 7) is 17.6. The maximum absolute atomic E-state index is 14.4. The minimum absolute atomic E-state index is 0.000385. The van der Waals surface area contributed by atoms with E-state index in [0.717, 1.165) is 0 Å². The average Bonchev–Trinajstić information content (AvgIpc) is 3.15. The van der Waals surface area contributed by atoms with Crippen LogP contribution in [0.5, 0.6) is 0 Å². The summed E-state index contributed by atoms with van der Waals surface area (Å²) in [6.07, 6.45) is -8.32. The third kappa shape index (κ3) is 12.1. The van der Waals surface area contributed by atoms with Crippen molar-refractivity contribution in [1.82, 2.24) is 15.1 Å². The van der Waals surface area contributed by atoms with Gasteiger partial charge in [0.15, 0.2) is 12.6 Å². The minimum Gasteiger partial charge on any atom is -0.459 e. The van der Waals surface area contributed by atoms with Gasteiger partial charge in [0.1, 0.15) is 35.1 Å². The van der Waals surface area contributed by atoms with Crippen LogP contribution in [0.4, 0.5) is 0 Å². The average molecular weight is 852 g/mol. The van der Waals surface area contributed by atoms with Gasteiger partial charge in [-0.2, -0.15) is 0 Å². The third-order valence-corrected chi connectivity index (χ3v) is 13.5. The standard InChI is InChI=1S/C42H81N3O14/c1-14-31-41(10,52)35(49)28(6)43-22-24(2)20-39(8,51)36(59-38-33(48)30(44(11)12)19-25(3)55-38)26(4)34(27(5)37(50)57-31)58-32-21-40(9,54-13)42(53,29(7)56-32)23-45(15-17-46)16-18-47/h24-36,38,43,46-49,51-53H,14-23H2,1-13H3/t24-,25-,26+,27-,28+,29+,30+,31+,32+,33-,34+,35-,36-,38+,39+,40-,41-,42-/m1/s1. The largest absolute Gasteiger partial charge is 0.459 e. The van der Waals surface area contributed by atoms with Crippen LogP contribution in [0.25, 0.3) is 0 Å². The van der Waals surface area contributed by atoms with Crippen molar-refractivity contribution in [3.05, 3.63) is 0 Å². The van der Waals surface area contributed by atoms with Crippen molar-refractivity contribution in [3.63, 3.8) is 0 Å². The predicted octanol–water partition coefficient (Wildman–Crippen LogP) is 0.215. The van der Waals surface area contributed by atoms with Crippen molar-refractivity contribution in [2.24, 2.45) is 17.8 Å². The van der Waals surface area contributed by atoms with Crippen LogP contribution in [0.15, 0.2) is 0 Å². The highest BCUT2D eigenvalue weighted by Gasteiger charge is 2.59. The van der Waals surface area contributed by atoms with Gasteiger partial charge in [-0.05, 0) is 94.3 Å². The van der Waals surface area contributed by atoms with E-state index in [1.807, 2.05) is 32.8 Å². The van der Waals surface area contributed by atoms with Crippen molar-refractivity contribution in [3.8, 4) is 0 Å². The number of ether oxygens (including phenoxy) is 6. The van der Waals surface area contributed by atoms with E-state index >= 15 is 0 Å². The maximum atomic E-state index is 14.4. The molecule has 0 bridgehead atoms. The summed E-state index contributed by atoms with van der Waals surface area (Å²) < 4.78 is 38.3. The Morgan fingerprint density at radius 2 is 1.53 bits per heavy atom. The second kappa shape index (κ2) is 21.5. The van der Waals surface area contributed by atoms with Crippen molar-refractivity contribution >= 4 is 5.97 Å². The number of aliphatic hydroxyl groups excluding tert-OH is 4. The number of aliphatic hydroxyl groups is 7. The minimum atomic E-state index is -1.85. The monoisotopic (exact) mass is 852 g/mol. The van der Waals surface area contributed by atoms with Crippen LogP contribution < -0.4 is 5.32 Å². The molecule has 18 atom stereocenters. The van der Waals surface area contributed by atoms with Crippen LogP contribution in [0.3, 0.4) is 0 Å². The molecule has 0 aromatic carbocycles. The number of methoxy groups -OCH3 is 1. The Kier molecular flexibility index (Phi) is 19.0. The van der Waals surface area contributed by atoms with E-state index in [0.29, 0.717) is 13.0 Å². The number of hydrogen-bond acceptors (Lipinski definition) is 17. The smallest absolute Gasteiger partial charge is 0.311 e. The number of rotatable bonds is 13. The van der Waals surface area contributed by atoms with Gasteiger partial charge in [0.2, 0.25) is 0 Å². The van der Waals surface area contributed by atoms with E-state index in [-0.39, 0.29) is 70.2 Å². The molecule has 0 radical (unpaired) electrons. The van der Waals surface area contributed by atoms with Crippen LogP contribution in [0.1, 0.15) is 94.9 Å². The van der Waals surface area contributed by atoms with E-state index in [4.69, 9.17) is 28.4 Å². The lowest BCUT2D eigenvalue weighted by atomic mass is 9.74. The van der Waals surface area contributed by atoms with Crippen molar-refractivity contribution < 1.29 is 69.0 Å². The first-order chi connectivity index (χ1) is 27.3. The molecule has 8 N–H and O–H groups in total. The molecule has 17 nitrogen and oxygen atoms in total. The van der Waals surface area contributed by atoms with Crippen LogP contribution >= 0.6 is 0 Å². The van der Waals surface area contributed by atoms with E-state index in [2.05, 4.69) is 5.32 Å². The summed E-state index contributed by atoms with van der Waals surface area (Å²) in [6, 6.07) is -0.932. The molecule has 0 aromatic heterocycles. The number of carbonyl (C=O) groups excluding carboxylic acids is 1. The van der Waals surface area contributed by atoms with Gasteiger partial charge in [-0.15, -0.1) is 0 Å². The number of nitrogens with zero attached hydrogens (tertiary/aromatic N) is 2. The van der Waals surface area contributed by atoms with Gasteiger partial charge in [0, 0.05) is 51.2 Å². The Balaban J connectivity index is 2.17. The highest BCUT2D eigenvalue weighted by molar-refractivity contribution is 5.73. The molecule has 59 heavy (non-hydrogen) atoms. The third-order valence-electron chi connectivity index (χ3n) is 13.5. The first-order valence-corrected chi connectivity index (χ1v) is 21.6. The Morgan fingerprint density at radius 3 is 2.07 bits per heavy atom. The van der Waals surface area contributed by atoms with Crippen molar-refractivity contribution in [1.29, 1.82) is 0 Å². The summed E-state index contributed by atoms with van der Waals surface area (Å²) in [5.74, 6) is -2.85. The zero-order valence-electron chi connectivity index (χ0n) is 38.0. The van der Waals surface area contributed by atoms with Gasteiger partial charge in [-0.1, -0.05) is 20.8 Å². The van der Waals surface area contributed by atoms with Gasteiger partial charge in [-0.3, -0.25) is 9.69 Å². The summed E-state index contributed by atoms with van der Waals surface area (Å²) >= 11 is 0. The topological polar surface area (TPSA) is 233 Å². The molecular weight excluding hydrogens is 770 g/mol. The SMILES string of the molecule is CC[C@@H]1OC(=O)[C@H](C)[C@@H](O[C@H]2C[C@@](C)(OC)[C@@](O)(CN(CCO)CCO)[C@H](C)O2)[C@H](C)[C@@H](O[C@@H]2O[C@H](C)C[C@H](N(C)C)[C@H]2O)[C@@](C)(O)C[C@@H](C)CN[C@@H](C)[C@@H](O)[C@]1(C)O. The summed E-state index contributed by atoms with van der Waals surface area (Å²) in [4.78, 5) is 18.0. The molecule has 0 aliphatic carbocycles. The molecule has 3 aliphatic rings. The maximum Gasteiger partial charge on any atom is 0.311 e. The second-order valence-corrected chi connectivity index (χ2v) is 18.7. The summed E-state index contributed by atoms with van der Waals surface area (Å²) in [7, 11) is 5.20. The molecule has 0 saturated carbocycles. The quantitative estimate of drug-likeness (QED) is 0.116. The van der Waals surface area contributed by atoms with Gasteiger partial charge in [0.25, 0.3) is 0 Å². The number of carbonyl (C=O) groups is 1. The number of esters is 1. The highest BCUT2D eigenvalue weighted by Crippen LogP contribution is 2.44. The van der Waals surface area contributed by atoms with Crippen LogP contribution in [0, 0.1) is 17.8 Å². The van der Waals surface area contributed by atoms with Gasteiger partial charge < -0.3 is 74.4 Å². The van der Waals surface area contributed by atoms with E-state index < -0.39 is 95.5 Å². The Morgan fingerprint density at radius 1 is 0.915 bits per heavy atom. The van der Waals surface area contributed by atoms with E-state index in [1.165, 1.54) is 14.0 Å². The lowest BCUT2D eigenvalue weighted by Crippen LogP contribution is -2.70. The van der Waals surface area contributed by atoms with Crippen LogP contribution in [-0.2, 0) is 33.2 Å². The van der Waals surface area contributed by atoms with Gasteiger partial charge in [0.05, 0.1) is 49.1 Å². The van der Waals surface area contributed by atoms with Crippen molar-refractivity contribution in [2.45, 2.75) is 185 Å². The molecule has 3 saturated heterocycles. The fourth-order valence-electron chi connectivity index (χ4n) is 9.61. The zero-order chi connectivity index (χ0) is 44.8. The molecule has 17 heteroatoms. The molecular formula is C42H81N3O14. The molecule has 3 fully saturated rings. The second-order valence-electron chi connectivity index (χ2n) is 18.7. The first kappa shape index (κ1) is 52.2. The lowest BCUT2D eigenvalue weighted by Gasteiger charge is -2.54. The highest BCUT2D eigenvalue weighted by atomic mass is 16.7. The fraction of sp³-hybridized carbons (Fsp3) is 0.976. The predicted molar refractivity (Wildman–Crippen MR) is 219 cm³/mol. The molecule has 0 amide bonds. The zero-order valence-corrected chi connectivity index (χ0v) is 38.0. The molecule has 0 unspecified atom stereocenters. The fourth-order valence-corrected chi connectivity index (χ4v) is 9.61. The molecule has 348 valence electrons. The first-order valence-electron chi connectivity index (χ1n) is 21.6. The normalized spacial score (nSPS) is 46.2. The molecule has 0 aromatic rings. The molecule has 3 rings (SSSR count). The lowest BCUT2D eigenvalue weighted by molar-refractivity contribution is -0.339. The Hall–Kier alpha value is -1.13. The van der Waals surface area contributed by atoms with E-state index in [1.54, 1.807) is 53.4 Å². The molecule has 0 spiro atoms. The number of likely N-dealkylation sites (N-methyl/N-ethyl adjacent to an activating group) is 1. The van der Waals surface area contributed by atoms with E-state index in [9.17, 15) is 40.5 Å². The van der Waals surface area contributed by atoms with Gasteiger partial charge >= 0.3 is 5.97 Å². The number of nitrogens with one attached hydrogen (secondary N) is 1. The number of cyclic esters (lactones) is 1. The Bertz CT molecular complexity index is 1290. The Labute approximate surface area is 352 Å².